The fourth-order valence-corrected chi connectivity index (χ4v) is 4.58. The van der Waals surface area contributed by atoms with E-state index in [1.807, 2.05) is 6.07 Å². The van der Waals surface area contributed by atoms with Gasteiger partial charge in [-0.1, -0.05) is 23.8 Å². The lowest BCUT2D eigenvalue weighted by atomic mass is 10.1. The van der Waals surface area contributed by atoms with Gasteiger partial charge in [0, 0.05) is 6.42 Å². The molecule has 1 aromatic heterocycles. The van der Waals surface area contributed by atoms with Crippen LogP contribution in [0.15, 0.2) is 41.8 Å². The number of hydrogen-bond acceptors (Lipinski definition) is 3. The number of rotatable bonds is 2. The van der Waals surface area contributed by atoms with Crippen LogP contribution in [0.5, 0.6) is 0 Å². The molecule has 1 atom stereocenters. The lowest BCUT2D eigenvalue weighted by Crippen LogP contribution is -2.40. The van der Waals surface area contributed by atoms with Crippen LogP contribution in [0.2, 0.25) is 0 Å². The SMILES string of the molecule is Cc1ccc(N2C[C@@](O)(c3cccs3)[N+]3=C2CCCCC3)cc1. The summed E-state index contributed by atoms with van der Waals surface area (Å²) in [5.41, 5.74) is 1.56. The zero-order valence-corrected chi connectivity index (χ0v) is 14.4. The van der Waals surface area contributed by atoms with E-state index in [-0.39, 0.29) is 0 Å². The number of nitrogens with zero attached hydrogens (tertiary/aromatic N) is 2. The summed E-state index contributed by atoms with van der Waals surface area (Å²) in [6.45, 7) is 3.67. The van der Waals surface area contributed by atoms with Crippen molar-refractivity contribution in [2.45, 2.75) is 38.3 Å². The first kappa shape index (κ1) is 14.9. The molecule has 0 amide bonds. The second-order valence-corrected chi connectivity index (χ2v) is 7.54. The highest BCUT2D eigenvalue weighted by atomic mass is 32.1. The van der Waals surface area contributed by atoms with E-state index in [2.05, 4.69) is 52.1 Å². The summed E-state index contributed by atoms with van der Waals surface area (Å²) in [6.07, 6.45) is 4.64. The molecular formula is C19H23N2OS+. The fraction of sp³-hybridized carbons (Fsp3) is 0.421. The average Bonchev–Trinajstić information content (AvgIpc) is 3.10. The van der Waals surface area contributed by atoms with E-state index in [4.69, 9.17) is 0 Å². The van der Waals surface area contributed by atoms with Crippen LogP contribution in [0.3, 0.4) is 0 Å². The standard InChI is InChI=1S/C19H23N2OS/c1-15-8-10-16(11-9-15)20-14-19(22,17-6-5-13-23-17)21-12-4-2-3-7-18(20)21/h5-6,8-11,13,22H,2-4,7,12,14H2,1H3/q+1/t19-/m1/s1. The molecule has 1 N–H and O–H groups in total. The second kappa shape index (κ2) is 5.77. The molecule has 120 valence electrons. The number of thiophene rings is 1. The minimum absolute atomic E-state index is 0.617. The van der Waals surface area contributed by atoms with Gasteiger partial charge in [0.25, 0.3) is 11.6 Å². The number of amidine groups is 1. The van der Waals surface area contributed by atoms with E-state index in [1.165, 1.54) is 29.9 Å². The zero-order chi connectivity index (χ0) is 15.9. The normalized spacial score (nSPS) is 24.7. The summed E-state index contributed by atoms with van der Waals surface area (Å²) < 4.78 is 2.26. The molecule has 2 aliphatic heterocycles. The van der Waals surface area contributed by atoms with E-state index < -0.39 is 5.72 Å². The van der Waals surface area contributed by atoms with Crippen LogP contribution in [-0.4, -0.2) is 28.6 Å². The van der Waals surface area contributed by atoms with Crippen LogP contribution in [0.4, 0.5) is 5.69 Å². The van der Waals surface area contributed by atoms with Gasteiger partial charge in [-0.3, -0.25) is 0 Å². The zero-order valence-electron chi connectivity index (χ0n) is 13.5. The number of hydrogen-bond donors (Lipinski definition) is 1. The van der Waals surface area contributed by atoms with Gasteiger partial charge in [0.15, 0.2) is 6.54 Å². The van der Waals surface area contributed by atoms with Gasteiger partial charge < -0.3 is 5.11 Å². The van der Waals surface area contributed by atoms with Crippen molar-refractivity contribution < 1.29 is 9.68 Å². The molecule has 0 bridgehead atoms. The number of anilines is 1. The Kier molecular flexibility index (Phi) is 3.74. The molecule has 0 saturated heterocycles. The van der Waals surface area contributed by atoms with E-state index in [0.717, 1.165) is 24.3 Å². The van der Waals surface area contributed by atoms with Gasteiger partial charge in [-0.2, -0.15) is 0 Å². The van der Waals surface area contributed by atoms with Gasteiger partial charge in [-0.05, 0) is 49.8 Å². The average molecular weight is 327 g/mol. The van der Waals surface area contributed by atoms with Crippen LogP contribution in [-0.2, 0) is 5.72 Å². The highest BCUT2D eigenvalue weighted by molar-refractivity contribution is 7.10. The van der Waals surface area contributed by atoms with Gasteiger partial charge in [0.2, 0.25) is 0 Å². The summed E-state index contributed by atoms with van der Waals surface area (Å²) in [6, 6.07) is 12.7. The maximum atomic E-state index is 11.5. The summed E-state index contributed by atoms with van der Waals surface area (Å²) >= 11 is 1.65. The molecule has 0 radical (unpaired) electrons. The van der Waals surface area contributed by atoms with Gasteiger partial charge in [-0.25, -0.2) is 9.48 Å². The third kappa shape index (κ3) is 2.50. The van der Waals surface area contributed by atoms with Gasteiger partial charge in [0.05, 0.1) is 11.4 Å². The molecule has 0 fully saturated rings. The number of benzene rings is 1. The summed E-state index contributed by atoms with van der Waals surface area (Å²) in [5.74, 6) is 1.28. The predicted octanol–water partition coefficient (Wildman–Crippen LogP) is 3.71. The number of aliphatic hydroxyl groups is 1. The largest absolute Gasteiger partial charge is 0.346 e. The Hall–Kier alpha value is -1.65. The number of β-amino-alcohol motifs (C(OH)–C–C–N with tert-alkyl or cyclic N) is 1. The molecule has 2 aliphatic rings. The Bertz CT molecular complexity index is 720. The number of aryl methyl sites for hydroxylation is 1. The third-order valence-electron chi connectivity index (χ3n) is 4.99. The monoisotopic (exact) mass is 327 g/mol. The Morgan fingerprint density at radius 1 is 1.13 bits per heavy atom. The molecule has 0 saturated carbocycles. The van der Waals surface area contributed by atoms with Crippen LogP contribution in [0.1, 0.15) is 36.1 Å². The molecule has 0 aliphatic carbocycles. The first-order valence-electron chi connectivity index (χ1n) is 8.42. The first-order valence-corrected chi connectivity index (χ1v) is 9.30. The van der Waals surface area contributed by atoms with Crippen molar-refractivity contribution in [2.75, 3.05) is 18.0 Å². The second-order valence-electron chi connectivity index (χ2n) is 6.59. The smallest absolute Gasteiger partial charge is 0.280 e. The molecule has 0 unspecified atom stereocenters. The Labute approximate surface area is 141 Å². The minimum atomic E-state index is -0.890. The third-order valence-corrected chi connectivity index (χ3v) is 6.00. The first-order chi connectivity index (χ1) is 11.2. The molecule has 0 spiro atoms. The van der Waals surface area contributed by atoms with Crippen molar-refractivity contribution in [3.8, 4) is 0 Å². The Morgan fingerprint density at radius 3 is 2.70 bits per heavy atom. The van der Waals surface area contributed by atoms with Gasteiger partial charge in [0.1, 0.15) is 5.69 Å². The van der Waals surface area contributed by atoms with Crippen LogP contribution in [0, 0.1) is 6.92 Å². The highest BCUT2D eigenvalue weighted by Crippen LogP contribution is 2.37. The lowest BCUT2D eigenvalue weighted by Gasteiger charge is -2.21. The maximum Gasteiger partial charge on any atom is 0.280 e. The van der Waals surface area contributed by atoms with Gasteiger partial charge >= 0.3 is 0 Å². The van der Waals surface area contributed by atoms with Crippen molar-refractivity contribution in [3.05, 3.63) is 52.2 Å². The fourth-order valence-electron chi connectivity index (χ4n) is 3.75. The van der Waals surface area contributed by atoms with Crippen LogP contribution in [0.25, 0.3) is 0 Å². The molecule has 2 aromatic rings. The molecule has 1 aromatic carbocycles. The summed E-state index contributed by atoms with van der Waals surface area (Å²) in [7, 11) is 0. The van der Waals surface area contributed by atoms with Crippen LogP contribution >= 0.6 is 11.3 Å². The summed E-state index contributed by atoms with van der Waals surface area (Å²) in [4.78, 5) is 3.37. The van der Waals surface area contributed by atoms with Crippen molar-refractivity contribution in [1.29, 1.82) is 0 Å². The Morgan fingerprint density at radius 2 is 1.96 bits per heavy atom. The lowest BCUT2D eigenvalue weighted by molar-refractivity contribution is -0.657. The van der Waals surface area contributed by atoms with E-state index in [9.17, 15) is 5.11 Å². The van der Waals surface area contributed by atoms with E-state index in [1.54, 1.807) is 11.3 Å². The highest BCUT2D eigenvalue weighted by Gasteiger charge is 2.52. The molecule has 4 rings (SSSR count). The van der Waals surface area contributed by atoms with Crippen LogP contribution < -0.4 is 4.90 Å². The van der Waals surface area contributed by atoms with E-state index in [0.29, 0.717) is 6.54 Å². The molecule has 3 nitrogen and oxygen atoms in total. The molecular weight excluding hydrogens is 304 g/mol. The Balaban J connectivity index is 1.80. The van der Waals surface area contributed by atoms with Crippen molar-refractivity contribution in [3.63, 3.8) is 0 Å². The summed E-state index contributed by atoms with van der Waals surface area (Å²) in [5, 5.41) is 13.6. The maximum absolute atomic E-state index is 11.5. The predicted molar refractivity (Wildman–Crippen MR) is 95.3 cm³/mol. The topological polar surface area (TPSA) is 26.5 Å². The molecule has 3 heterocycles. The minimum Gasteiger partial charge on any atom is -0.346 e. The molecule has 4 heteroatoms. The van der Waals surface area contributed by atoms with Crippen molar-refractivity contribution >= 4 is 22.9 Å². The van der Waals surface area contributed by atoms with E-state index >= 15 is 0 Å². The molecule has 23 heavy (non-hydrogen) atoms. The van der Waals surface area contributed by atoms with Crippen molar-refractivity contribution in [2.24, 2.45) is 0 Å². The quantitative estimate of drug-likeness (QED) is 0.851. The van der Waals surface area contributed by atoms with Gasteiger partial charge in [-0.15, -0.1) is 11.3 Å². The van der Waals surface area contributed by atoms with Crippen molar-refractivity contribution in [1.82, 2.24) is 0 Å².